The third-order valence-corrected chi connectivity index (χ3v) is 3.83. The van der Waals surface area contributed by atoms with Crippen molar-refractivity contribution in [3.05, 3.63) is 20.8 Å². The molecule has 0 aromatic carbocycles. The molecule has 0 N–H and O–H groups in total. The van der Waals surface area contributed by atoms with E-state index in [1.807, 2.05) is 0 Å². The lowest BCUT2D eigenvalue weighted by Gasteiger charge is -1.92. The van der Waals surface area contributed by atoms with Gasteiger partial charge in [0.05, 0.1) is 5.02 Å². The number of rotatable bonds is 2. The molecule has 0 bridgehead atoms. The maximum Gasteiger partial charge on any atom is 0.307 e. The fourth-order valence-corrected chi connectivity index (χ4v) is 2.99. The van der Waals surface area contributed by atoms with Crippen molar-refractivity contribution < 1.29 is 12.3 Å². The summed E-state index contributed by atoms with van der Waals surface area (Å²) in [5, 5.41) is 2.05. The van der Waals surface area contributed by atoms with Gasteiger partial charge in [0, 0.05) is 4.88 Å². The van der Waals surface area contributed by atoms with Crippen LogP contribution in [0.15, 0.2) is 5.38 Å². The molecular formula is C6H6ClFO2S2. The Morgan fingerprint density at radius 1 is 1.67 bits per heavy atom. The maximum atomic E-state index is 12.2. The maximum absolute atomic E-state index is 12.2. The van der Waals surface area contributed by atoms with Crippen LogP contribution in [0.3, 0.4) is 0 Å². The molecule has 0 unspecified atom stereocenters. The summed E-state index contributed by atoms with van der Waals surface area (Å²) in [6, 6.07) is 0. The standard InChI is InChI=1S/C6H6ClFO2S2/c1-4-2-11-5(6(4)7)3-12(8,9)10/h2H,3H2,1H3. The molecule has 68 valence electrons. The Morgan fingerprint density at radius 2 is 2.25 bits per heavy atom. The second kappa shape index (κ2) is 3.32. The predicted molar refractivity (Wildman–Crippen MR) is 47.8 cm³/mol. The van der Waals surface area contributed by atoms with Crippen LogP contribution in [0, 0.1) is 6.92 Å². The van der Waals surface area contributed by atoms with Crippen molar-refractivity contribution in [2.75, 3.05) is 0 Å². The lowest BCUT2D eigenvalue weighted by atomic mass is 10.3. The van der Waals surface area contributed by atoms with Gasteiger partial charge in [0.15, 0.2) is 0 Å². The summed E-state index contributed by atoms with van der Waals surface area (Å²) in [7, 11) is -4.46. The van der Waals surface area contributed by atoms with Gasteiger partial charge in [0.25, 0.3) is 0 Å². The lowest BCUT2D eigenvalue weighted by molar-refractivity contribution is 0.551. The Bertz CT molecular complexity index is 382. The fraction of sp³-hybridized carbons (Fsp3) is 0.333. The number of halogens is 2. The Kier molecular flexibility index (Phi) is 2.75. The van der Waals surface area contributed by atoms with Gasteiger partial charge in [-0.3, -0.25) is 0 Å². The highest BCUT2D eigenvalue weighted by atomic mass is 35.5. The second-order valence-corrected chi connectivity index (χ2v) is 5.05. The summed E-state index contributed by atoms with van der Waals surface area (Å²) in [5.41, 5.74) is 0.778. The lowest BCUT2D eigenvalue weighted by Crippen LogP contribution is -1.93. The highest BCUT2D eigenvalue weighted by Gasteiger charge is 2.14. The van der Waals surface area contributed by atoms with E-state index in [2.05, 4.69) is 0 Å². The summed E-state index contributed by atoms with van der Waals surface area (Å²) in [5.74, 6) is -0.621. The van der Waals surface area contributed by atoms with Crippen LogP contribution < -0.4 is 0 Å². The van der Waals surface area contributed by atoms with Crippen molar-refractivity contribution >= 4 is 33.2 Å². The number of hydrogen-bond acceptors (Lipinski definition) is 3. The summed E-state index contributed by atoms with van der Waals surface area (Å²) in [6.45, 7) is 1.74. The summed E-state index contributed by atoms with van der Waals surface area (Å²) < 4.78 is 32.7. The molecule has 6 heteroatoms. The molecule has 1 aromatic heterocycles. The number of hydrogen-bond donors (Lipinski definition) is 0. The third-order valence-electron chi connectivity index (χ3n) is 1.27. The first kappa shape index (κ1) is 9.95. The van der Waals surface area contributed by atoms with E-state index in [4.69, 9.17) is 11.6 Å². The minimum absolute atomic E-state index is 0.348. The molecule has 0 aliphatic rings. The van der Waals surface area contributed by atoms with Crippen molar-refractivity contribution in [3.63, 3.8) is 0 Å². The molecule has 1 aromatic rings. The first-order valence-corrected chi connectivity index (χ1v) is 5.86. The molecule has 0 saturated carbocycles. The Morgan fingerprint density at radius 3 is 2.58 bits per heavy atom. The van der Waals surface area contributed by atoms with Crippen LogP contribution in [-0.2, 0) is 16.0 Å². The smallest absolute Gasteiger partial charge is 0.194 e. The number of aryl methyl sites for hydroxylation is 1. The van der Waals surface area contributed by atoms with Crippen molar-refractivity contribution in [3.8, 4) is 0 Å². The first-order chi connectivity index (χ1) is 5.40. The van der Waals surface area contributed by atoms with E-state index < -0.39 is 16.0 Å². The number of thiophene rings is 1. The molecule has 0 aliphatic carbocycles. The van der Waals surface area contributed by atoms with Crippen molar-refractivity contribution in [1.29, 1.82) is 0 Å². The molecule has 0 fully saturated rings. The molecule has 0 aliphatic heterocycles. The van der Waals surface area contributed by atoms with Gasteiger partial charge in [0.2, 0.25) is 0 Å². The van der Waals surface area contributed by atoms with Gasteiger partial charge in [-0.2, -0.15) is 8.42 Å². The molecule has 2 nitrogen and oxygen atoms in total. The van der Waals surface area contributed by atoms with E-state index in [-0.39, 0.29) is 0 Å². The monoisotopic (exact) mass is 228 g/mol. The topological polar surface area (TPSA) is 34.1 Å². The average Bonchev–Trinajstić information content (AvgIpc) is 2.16. The highest BCUT2D eigenvalue weighted by Crippen LogP contribution is 2.28. The Hall–Kier alpha value is -0.130. The van der Waals surface area contributed by atoms with E-state index in [0.29, 0.717) is 9.90 Å². The minimum atomic E-state index is -4.46. The molecule has 12 heavy (non-hydrogen) atoms. The van der Waals surface area contributed by atoms with Gasteiger partial charge in [-0.05, 0) is 17.9 Å². The van der Waals surface area contributed by atoms with Crippen LogP contribution in [0.1, 0.15) is 10.4 Å². The summed E-state index contributed by atoms with van der Waals surface area (Å²) >= 11 is 6.85. The van der Waals surface area contributed by atoms with Gasteiger partial charge in [-0.1, -0.05) is 11.6 Å². The molecule has 0 spiro atoms. The van der Waals surface area contributed by atoms with Crippen molar-refractivity contribution in [2.24, 2.45) is 0 Å². The molecular weight excluding hydrogens is 223 g/mol. The van der Waals surface area contributed by atoms with Crippen molar-refractivity contribution in [1.82, 2.24) is 0 Å². The Labute approximate surface area is 79.2 Å². The minimum Gasteiger partial charge on any atom is -0.194 e. The van der Waals surface area contributed by atoms with Crippen LogP contribution in [0.2, 0.25) is 5.02 Å². The van der Waals surface area contributed by atoms with Gasteiger partial charge < -0.3 is 0 Å². The van der Waals surface area contributed by atoms with E-state index in [1.165, 1.54) is 0 Å². The van der Waals surface area contributed by atoms with E-state index in [9.17, 15) is 12.3 Å². The second-order valence-electron chi connectivity index (χ2n) is 2.34. The Balaban J connectivity index is 2.99. The van der Waals surface area contributed by atoms with Crippen LogP contribution in [0.25, 0.3) is 0 Å². The molecule has 0 radical (unpaired) electrons. The average molecular weight is 229 g/mol. The quantitative estimate of drug-likeness (QED) is 0.729. The van der Waals surface area contributed by atoms with Crippen LogP contribution in [-0.4, -0.2) is 8.42 Å². The van der Waals surface area contributed by atoms with E-state index >= 15 is 0 Å². The zero-order valence-corrected chi connectivity index (χ0v) is 8.56. The summed E-state index contributed by atoms with van der Waals surface area (Å²) in [6.07, 6.45) is 0. The molecule has 0 amide bonds. The zero-order chi connectivity index (χ0) is 9.35. The largest absolute Gasteiger partial charge is 0.307 e. The van der Waals surface area contributed by atoms with Gasteiger partial charge in [-0.25, -0.2) is 0 Å². The SMILES string of the molecule is Cc1csc(CS(=O)(=O)F)c1Cl. The molecule has 0 atom stereocenters. The highest BCUT2D eigenvalue weighted by molar-refractivity contribution is 7.85. The summed E-state index contributed by atoms with van der Waals surface area (Å²) in [4.78, 5) is 0.358. The molecule has 0 saturated heterocycles. The van der Waals surface area contributed by atoms with E-state index in [1.54, 1.807) is 12.3 Å². The predicted octanol–water partition coefficient (Wildman–Crippen LogP) is 2.51. The van der Waals surface area contributed by atoms with Crippen LogP contribution in [0.5, 0.6) is 0 Å². The van der Waals surface area contributed by atoms with Crippen molar-refractivity contribution in [2.45, 2.75) is 12.7 Å². The molecule has 1 heterocycles. The van der Waals surface area contributed by atoms with E-state index in [0.717, 1.165) is 16.9 Å². The van der Waals surface area contributed by atoms with Gasteiger partial charge >= 0.3 is 10.2 Å². The first-order valence-electron chi connectivity index (χ1n) is 3.05. The fourth-order valence-electron chi connectivity index (χ4n) is 0.737. The van der Waals surface area contributed by atoms with Gasteiger partial charge in [-0.15, -0.1) is 15.2 Å². The zero-order valence-electron chi connectivity index (χ0n) is 6.17. The van der Waals surface area contributed by atoms with Crippen LogP contribution >= 0.6 is 22.9 Å². The normalized spacial score (nSPS) is 11.9. The third kappa shape index (κ3) is 2.43. The van der Waals surface area contributed by atoms with Gasteiger partial charge in [0.1, 0.15) is 5.75 Å². The van der Waals surface area contributed by atoms with Crippen LogP contribution in [0.4, 0.5) is 3.89 Å². The molecule has 1 rings (SSSR count).